The van der Waals surface area contributed by atoms with Crippen LogP contribution in [-0.4, -0.2) is 5.54 Å². The van der Waals surface area contributed by atoms with E-state index in [9.17, 15) is 0 Å². The van der Waals surface area contributed by atoms with Gasteiger partial charge in [0, 0.05) is 16.9 Å². The molecule has 0 amide bonds. The SMILES string of the molecule is CCc1cccc(N(c2cccc(CC)c2)C(C)(C)C)c1. The van der Waals surface area contributed by atoms with E-state index in [1.54, 1.807) is 0 Å². The third-order valence-corrected chi connectivity index (χ3v) is 3.82. The van der Waals surface area contributed by atoms with Gasteiger partial charge in [-0.2, -0.15) is 0 Å². The van der Waals surface area contributed by atoms with Crippen molar-refractivity contribution in [3.8, 4) is 0 Å². The van der Waals surface area contributed by atoms with Crippen LogP contribution in [-0.2, 0) is 12.8 Å². The molecule has 0 aliphatic carbocycles. The molecule has 0 N–H and O–H groups in total. The molecule has 2 rings (SSSR count). The number of anilines is 2. The molecule has 0 heterocycles. The Bertz CT molecular complexity index is 545. The molecule has 1 heteroatoms. The highest BCUT2D eigenvalue weighted by atomic mass is 15.2. The van der Waals surface area contributed by atoms with Crippen LogP contribution in [0.2, 0.25) is 0 Å². The summed E-state index contributed by atoms with van der Waals surface area (Å²) < 4.78 is 0. The number of aryl methyl sites for hydroxylation is 2. The molecule has 0 aliphatic rings. The lowest BCUT2D eigenvalue weighted by atomic mass is 10.0. The minimum Gasteiger partial charge on any atom is -0.336 e. The van der Waals surface area contributed by atoms with Crippen molar-refractivity contribution in [1.82, 2.24) is 0 Å². The molecule has 0 saturated carbocycles. The van der Waals surface area contributed by atoms with Gasteiger partial charge in [0.2, 0.25) is 0 Å². The Morgan fingerprint density at radius 2 is 1.19 bits per heavy atom. The summed E-state index contributed by atoms with van der Waals surface area (Å²) >= 11 is 0. The van der Waals surface area contributed by atoms with Gasteiger partial charge in [0.15, 0.2) is 0 Å². The third-order valence-electron chi connectivity index (χ3n) is 3.82. The Kier molecular flexibility index (Phi) is 4.72. The molecule has 21 heavy (non-hydrogen) atoms. The summed E-state index contributed by atoms with van der Waals surface area (Å²) in [5, 5.41) is 0. The van der Waals surface area contributed by atoms with Gasteiger partial charge in [-0.3, -0.25) is 0 Å². The maximum atomic E-state index is 2.44. The molecule has 1 nitrogen and oxygen atoms in total. The number of hydrogen-bond donors (Lipinski definition) is 0. The second-order valence-electron chi connectivity index (χ2n) is 6.55. The normalized spacial score (nSPS) is 11.5. The van der Waals surface area contributed by atoms with E-state index in [2.05, 4.69) is 88.0 Å². The van der Waals surface area contributed by atoms with Crippen LogP contribution in [0.25, 0.3) is 0 Å². The number of rotatable bonds is 4. The van der Waals surface area contributed by atoms with Crippen LogP contribution >= 0.6 is 0 Å². The fourth-order valence-electron chi connectivity index (χ4n) is 2.75. The van der Waals surface area contributed by atoms with Gasteiger partial charge in [-0.15, -0.1) is 0 Å². The van der Waals surface area contributed by atoms with E-state index in [-0.39, 0.29) is 5.54 Å². The minimum atomic E-state index is 0.0404. The van der Waals surface area contributed by atoms with Crippen LogP contribution in [0.4, 0.5) is 11.4 Å². The predicted octanol–water partition coefficient (Wildman–Crippen LogP) is 5.75. The fourth-order valence-corrected chi connectivity index (χ4v) is 2.75. The lowest BCUT2D eigenvalue weighted by Crippen LogP contribution is -2.37. The lowest BCUT2D eigenvalue weighted by Gasteiger charge is -2.38. The van der Waals surface area contributed by atoms with Gasteiger partial charge >= 0.3 is 0 Å². The van der Waals surface area contributed by atoms with Crippen molar-refractivity contribution in [1.29, 1.82) is 0 Å². The van der Waals surface area contributed by atoms with Crippen LogP contribution in [0.5, 0.6) is 0 Å². The highest BCUT2D eigenvalue weighted by Crippen LogP contribution is 2.34. The van der Waals surface area contributed by atoms with Gasteiger partial charge in [-0.05, 0) is 69.0 Å². The first kappa shape index (κ1) is 15.6. The fraction of sp³-hybridized carbons (Fsp3) is 0.400. The van der Waals surface area contributed by atoms with E-state index in [4.69, 9.17) is 0 Å². The topological polar surface area (TPSA) is 3.24 Å². The standard InChI is InChI=1S/C20H27N/c1-6-16-10-8-12-18(14-16)21(20(3,4)5)19-13-9-11-17(7-2)15-19/h8-15H,6-7H2,1-5H3. The zero-order valence-electron chi connectivity index (χ0n) is 14.0. The van der Waals surface area contributed by atoms with Crippen LogP contribution in [0.3, 0.4) is 0 Å². The maximum absolute atomic E-state index is 2.44. The molecule has 0 radical (unpaired) electrons. The Balaban J connectivity index is 2.52. The quantitative estimate of drug-likeness (QED) is 0.690. The number of benzene rings is 2. The van der Waals surface area contributed by atoms with Crippen molar-refractivity contribution in [2.75, 3.05) is 4.90 Å². The van der Waals surface area contributed by atoms with Crippen LogP contribution in [0, 0.1) is 0 Å². The molecule has 0 atom stereocenters. The third kappa shape index (κ3) is 3.66. The maximum Gasteiger partial charge on any atom is 0.0418 e. The van der Waals surface area contributed by atoms with Crippen molar-refractivity contribution in [2.24, 2.45) is 0 Å². The Hall–Kier alpha value is -1.76. The summed E-state index contributed by atoms with van der Waals surface area (Å²) in [6.45, 7) is 11.2. The van der Waals surface area contributed by atoms with E-state index in [0.29, 0.717) is 0 Å². The second kappa shape index (κ2) is 6.34. The average molecular weight is 281 g/mol. The Labute approximate surface area is 129 Å². The average Bonchev–Trinajstić information content (AvgIpc) is 2.46. The van der Waals surface area contributed by atoms with Crippen LogP contribution in [0.1, 0.15) is 45.7 Å². The zero-order chi connectivity index (χ0) is 15.5. The molecule has 0 spiro atoms. The van der Waals surface area contributed by atoms with Crippen LogP contribution < -0.4 is 4.90 Å². The van der Waals surface area contributed by atoms with Crippen molar-refractivity contribution in [3.63, 3.8) is 0 Å². The molecule has 0 unspecified atom stereocenters. The van der Waals surface area contributed by atoms with Crippen LogP contribution in [0.15, 0.2) is 48.5 Å². The van der Waals surface area contributed by atoms with Gasteiger partial charge in [0.05, 0.1) is 0 Å². The largest absolute Gasteiger partial charge is 0.336 e. The van der Waals surface area contributed by atoms with Gasteiger partial charge in [-0.1, -0.05) is 38.1 Å². The molecule has 0 saturated heterocycles. The monoisotopic (exact) mass is 281 g/mol. The highest BCUT2D eigenvalue weighted by molar-refractivity contribution is 5.66. The molecule has 0 bridgehead atoms. The van der Waals surface area contributed by atoms with Crippen molar-refractivity contribution in [2.45, 2.75) is 53.0 Å². The first-order valence-electron chi connectivity index (χ1n) is 7.93. The molecule has 112 valence electrons. The molecular formula is C20H27N. The van der Waals surface area contributed by atoms with Gasteiger partial charge in [0.1, 0.15) is 0 Å². The van der Waals surface area contributed by atoms with Crippen molar-refractivity contribution in [3.05, 3.63) is 59.7 Å². The summed E-state index contributed by atoms with van der Waals surface area (Å²) in [6, 6.07) is 17.8. The smallest absolute Gasteiger partial charge is 0.0418 e. The summed E-state index contributed by atoms with van der Waals surface area (Å²) in [6.07, 6.45) is 2.14. The summed E-state index contributed by atoms with van der Waals surface area (Å²) in [7, 11) is 0. The minimum absolute atomic E-state index is 0.0404. The zero-order valence-corrected chi connectivity index (χ0v) is 14.0. The van der Waals surface area contributed by atoms with E-state index < -0.39 is 0 Å². The second-order valence-corrected chi connectivity index (χ2v) is 6.55. The predicted molar refractivity (Wildman–Crippen MR) is 93.5 cm³/mol. The molecule has 2 aromatic carbocycles. The molecular weight excluding hydrogens is 254 g/mol. The van der Waals surface area contributed by atoms with E-state index in [0.717, 1.165) is 12.8 Å². The molecule has 0 aromatic heterocycles. The Morgan fingerprint density at radius 1 is 0.762 bits per heavy atom. The Morgan fingerprint density at radius 3 is 1.52 bits per heavy atom. The van der Waals surface area contributed by atoms with E-state index >= 15 is 0 Å². The van der Waals surface area contributed by atoms with Gasteiger partial charge in [-0.25, -0.2) is 0 Å². The van der Waals surface area contributed by atoms with E-state index in [1.165, 1.54) is 22.5 Å². The van der Waals surface area contributed by atoms with Gasteiger partial charge < -0.3 is 4.90 Å². The van der Waals surface area contributed by atoms with Crippen molar-refractivity contribution < 1.29 is 0 Å². The number of nitrogens with zero attached hydrogens (tertiary/aromatic N) is 1. The summed E-state index contributed by atoms with van der Waals surface area (Å²) in [5.41, 5.74) is 5.35. The van der Waals surface area contributed by atoms with Crippen molar-refractivity contribution >= 4 is 11.4 Å². The van der Waals surface area contributed by atoms with Gasteiger partial charge in [0.25, 0.3) is 0 Å². The molecule has 2 aromatic rings. The summed E-state index contributed by atoms with van der Waals surface area (Å²) in [4.78, 5) is 2.44. The number of hydrogen-bond acceptors (Lipinski definition) is 1. The molecule has 0 aliphatic heterocycles. The first-order valence-corrected chi connectivity index (χ1v) is 7.93. The van der Waals surface area contributed by atoms with E-state index in [1.807, 2.05) is 0 Å². The first-order chi connectivity index (χ1) is 9.95. The summed E-state index contributed by atoms with van der Waals surface area (Å²) in [5.74, 6) is 0. The lowest BCUT2D eigenvalue weighted by molar-refractivity contribution is 0.560. The molecule has 0 fully saturated rings. The highest BCUT2D eigenvalue weighted by Gasteiger charge is 2.23.